The van der Waals surface area contributed by atoms with E-state index in [-0.39, 0.29) is 18.4 Å². The molecule has 1 aliphatic rings. The van der Waals surface area contributed by atoms with Crippen molar-refractivity contribution < 1.29 is 13.2 Å². The van der Waals surface area contributed by atoms with Crippen molar-refractivity contribution in [3.8, 4) is 0 Å². The molecule has 1 saturated heterocycles. The highest BCUT2D eigenvalue weighted by Gasteiger charge is 2.29. The third-order valence-electron chi connectivity index (χ3n) is 3.63. The van der Waals surface area contributed by atoms with Gasteiger partial charge >= 0.3 is 0 Å². The van der Waals surface area contributed by atoms with Crippen LogP contribution in [0.3, 0.4) is 0 Å². The predicted molar refractivity (Wildman–Crippen MR) is 80.1 cm³/mol. The maximum atomic E-state index is 12.1. The van der Waals surface area contributed by atoms with Crippen LogP contribution in [0.2, 0.25) is 0 Å². The van der Waals surface area contributed by atoms with E-state index in [9.17, 15) is 13.2 Å². The number of sulfonamides is 1. The normalized spacial score (nSPS) is 20.1. The number of hydrogen-bond acceptors (Lipinski definition) is 4. The summed E-state index contributed by atoms with van der Waals surface area (Å²) < 4.78 is 24.5. The smallest absolute Gasteiger partial charge is 0.224 e. The predicted octanol–water partition coefficient (Wildman–Crippen LogP) is 0.412. The van der Waals surface area contributed by atoms with Crippen molar-refractivity contribution in [1.82, 2.24) is 14.6 Å². The summed E-state index contributed by atoms with van der Waals surface area (Å²) >= 11 is 0. The molecule has 116 valence electrons. The molecule has 0 spiro atoms. The number of pyridine rings is 1. The van der Waals surface area contributed by atoms with Crippen LogP contribution >= 0.6 is 0 Å². The van der Waals surface area contributed by atoms with E-state index in [0.717, 1.165) is 18.5 Å². The standard InChI is InChI=1S/C14H21N3O3S/c1-21(19,20)17-10-4-5-12(11-17)14(18)16-9-7-13-6-2-3-8-15-13/h2-3,6,8,12H,4-5,7,9-11H2,1H3,(H,16,18)/t12-/m1/s1. The van der Waals surface area contributed by atoms with Crippen LogP contribution in [-0.4, -0.2) is 49.5 Å². The minimum atomic E-state index is -3.21. The minimum Gasteiger partial charge on any atom is -0.355 e. The van der Waals surface area contributed by atoms with Gasteiger partial charge in [0.05, 0.1) is 12.2 Å². The molecule has 2 heterocycles. The van der Waals surface area contributed by atoms with E-state index in [4.69, 9.17) is 0 Å². The van der Waals surface area contributed by atoms with Crippen LogP contribution in [0.25, 0.3) is 0 Å². The number of carbonyl (C=O) groups excluding carboxylic acids is 1. The molecule has 0 saturated carbocycles. The van der Waals surface area contributed by atoms with Gasteiger partial charge in [-0.1, -0.05) is 6.07 Å². The van der Waals surface area contributed by atoms with Crippen molar-refractivity contribution in [1.29, 1.82) is 0 Å². The molecule has 21 heavy (non-hydrogen) atoms. The first-order valence-corrected chi connectivity index (χ1v) is 8.94. The van der Waals surface area contributed by atoms with Crippen LogP contribution in [0.4, 0.5) is 0 Å². The van der Waals surface area contributed by atoms with Gasteiger partial charge in [-0.15, -0.1) is 0 Å². The number of rotatable bonds is 5. The van der Waals surface area contributed by atoms with Gasteiger partial charge in [-0.3, -0.25) is 9.78 Å². The topological polar surface area (TPSA) is 79.4 Å². The van der Waals surface area contributed by atoms with Crippen LogP contribution in [0.15, 0.2) is 24.4 Å². The Balaban J connectivity index is 1.80. The molecule has 6 nitrogen and oxygen atoms in total. The van der Waals surface area contributed by atoms with Crippen LogP contribution in [0.1, 0.15) is 18.5 Å². The maximum absolute atomic E-state index is 12.1. The average molecular weight is 311 g/mol. The number of hydrogen-bond donors (Lipinski definition) is 1. The summed E-state index contributed by atoms with van der Waals surface area (Å²) in [7, 11) is -3.21. The fourth-order valence-electron chi connectivity index (χ4n) is 2.46. The lowest BCUT2D eigenvalue weighted by molar-refractivity contribution is -0.126. The van der Waals surface area contributed by atoms with E-state index in [1.165, 1.54) is 10.6 Å². The zero-order valence-electron chi connectivity index (χ0n) is 12.2. The number of carbonyl (C=O) groups is 1. The molecule has 1 fully saturated rings. The van der Waals surface area contributed by atoms with Crippen LogP contribution < -0.4 is 5.32 Å². The number of piperidine rings is 1. The van der Waals surface area contributed by atoms with E-state index in [1.807, 2.05) is 18.2 Å². The summed E-state index contributed by atoms with van der Waals surface area (Å²) in [6, 6.07) is 5.68. The summed E-state index contributed by atoms with van der Waals surface area (Å²) in [5.74, 6) is -0.323. The van der Waals surface area contributed by atoms with Crippen molar-refractivity contribution in [2.75, 3.05) is 25.9 Å². The monoisotopic (exact) mass is 311 g/mol. The van der Waals surface area contributed by atoms with E-state index in [0.29, 0.717) is 19.5 Å². The highest BCUT2D eigenvalue weighted by atomic mass is 32.2. The van der Waals surface area contributed by atoms with E-state index in [2.05, 4.69) is 10.3 Å². The number of nitrogens with zero attached hydrogens (tertiary/aromatic N) is 2. The van der Waals surface area contributed by atoms with Gasteiger partial charge in [-0.2, -0.15) is 0 Å². The van der Waals surface area contributed by atoms with Crippen molar-refractivity contribution >= 4 is 15.9 Å². The third-order valence-corrected chi connectivity index (χ3v) is 4.90. The summed E-state index contributed by atoms with van der Waals surface area (Å²) in [6.07, 6.45) is 5.05. The first-order chi connectivity index (χ1) is 9.97. The number of aromatic nitrogens is 1. The van der Waals surface area contributed by atoms with Gasteiger partial charge in [-0.25, -0.2) is 12.7 Å². The summed E-state index contributed by atoms with van der Waals surface area (Å²) in [4.78, 5) is 16.3. The van der Waals surface area contributed by atoms with Crippen molar-refractivity contribution in [3.63, 3.8) is 0 Å². The van der Waals surface area contributed by atoms with Crippen LogP contribution in [0, 0.1) is 5.92 Å². The molecule has 0 bridgehead atoms. The molecule has 0 unspecified atom stereocenters. The Hall–Kier alpha value is -1.47. The quantitative estimate of drug-likeness (QED) is 0.854. The summed E-state index contributed by atoms with van der Waals surface area (Å²) in [5, 5.41) is 2.87. The van der Waals surface area contributed by atoms with E-state index in [1.54, 1.807) is 6.20 Å². The molecule has 7 heteroatoms. The van der Waals surface area contributed by atoms with Crippen molar-refractivity contribution in [2.45, 2.75) is 19.3 Å². The number of amides is 1. The molecule has 1 atom stereocenters. The number of nitrogens with one attached hydrogen (secondary N) is 1. The molecular formula is C14H21N3O3S. The van der Waals surface area contributed by atoms with Gasteiger partial charge < -0.3 is 5.32 Å². The third kappa shape index (κ3) is 4.78. The molecule has 1 amide bonds. The van der Waals surface area contributed by atoms with E-state index >= 15 is 0 Å². The highest BCUT2D eigenvalue weighted by Crippen LogP contribution is 2.18. The van der Waals surface area contributed by atoms with Crippen molar-refractivity contribution in [3.05, 3.63) is 30.1 Å². The van der Waals surface area contributed by atoms with Crippen LogP contribution in [0.5, 0.6) is 0 Å². The highest BCUT2D eigenvalue weighted by molar-refractivity contribution is 7.88. The molecule has 1 aliphatic heterocycles. The minimum absolute atomic E-state index is 0.0701. The summed E-state index contributed by atoms with van der Waals surface area (Å²) in [6.45, 7) is 1.32. The van der Waals surface area contributed by atoms with Gasteiger partial charge in [0.25, 0.3) is 0 Å². The molecule has 1 N–H and O–H groups in total. The van der Waals surface area contributed by atoms with Gasteiger partial charge in [0.2, 0.25) is 15.9 Å². The van der Waals surface area contributed by atoms with Gasteiger partial charge in [0.1, 0.15) is 0 Å². The molecule has 1 aromatic rings. The second kappa shape index (κ2) is 7.00. The second-order valence-corrected chi connectivity index (χ2v) is 7.30. The molecular weight excluding hydrogens is 290 g/mol. The Morgan fingerprint density at radius 3 is 2.95 bits per heavy atom. The molecule has 0 aliphatic carbocycles. The Morgan fingerprint density at radius 2 is 2.29 bits per heavy atom. The Morgan fingerprint density at radius 1 is 1.48 bits per heavy atom. The fraction of sp³-hybridized carbons (Fsp3) is 0.571. The molecule has 2 rings (SSSR count). The molecule has 0 aromatic carbocycles. The largest absolute Gasteiger partial charge is 0.355 e. The van der Waals surface area contributed by atoms with Gasteiger partial charge in [0, 0.05) is 37.9 Å². The van der Waals surface area contributed by atoms with Gasteiger partial charge in [0.15, 0.2) is 0 Å². The lowest BCUT2D eigenvalue weighted by Gasteiger charge is -2.30. The summed E-state index contributed by atoms with van der Waals surface area (Å²) in [5.41, 5.74) is 0.930. The lowest BCUT2D eigenvalue weighted by Crippen LogP contribution is -2.45. The zero-order chi connectivity index (χ0) is 15.3. The zero-order valence-corrected chi connectivity index (χ0v) is 13.0. The Labute approximate surface area is 125 Å². The SMILES string of the molecule is CS(=O)(=O)N1CCC[C@@H](C(=O)NCCc2ccccn2)C1. The van der Waals surface area contributed by atoms with Crippen molar-refractivity contribution in [2.24, 2.45) is 5.92 Å². The lowest BCUT2D eigenvalue weighted by atomic mass is 9.99. The van der Waals surface area contributed by atoms with Crippen LogP contribution in [-0.2, 0) is 21.2 Å². The second-order valence-electron chi connectivity index (χ2n) is 5.32. The Kier molecular flexibility index (Phi) is 5.30. The average Bonchev–Trinajstić information content (AvgIpc) is 2.47. The molecule has 0 radical (unpaired) electrons. The maximum Gasteiger partial charge on any atom is 0.224 e. The first-order valence-electron chi connectivity index (χ1n) is 7.09. The molecule has 1 aromatic heterocycles. The fourth-order valence-corrected chi connectivity index (χ4v) is 3.37. The first kappa shape index (κ1) is 15.9. The van der Waals surface area contributed by atoms with Gasteiger partial charge in [-0.05, 0) is 25.0 Å². The van der Waals surface area contributed by atoms with E-state index < -0.39 is 10.0 Å². The Bertz CT molecular complexity index is 574.